The minimum Gasteiger partial charge on any atom is -0.267 e. The molecular weight excluding hydrogens is 496 g/mol. The maximum atomic E-state index is 13.6. The van der Waals surface area contributed by atoms with Crippen molar-refractivity contribution in [2.75, 3.05) is 0 Å². The molecule has 2 atom stereocenters. The molecule has 5 rings (SSSR count). The zero-order chi connectivity index (χ0) is 26.1. The number of benzene rings is 3. The van der Waals surface area contributed by atoms with Crippen LogP contribution in [0.15, 0.2) is 83.5 Å². The summed E-state index contributed by atoms with van der Waals surface area (Å²) in [4.78, 5) is 34.9. The Morgan fingerprint density at radius 1 is 0.973 bits per heavy atom. The van der Waals surface area contributed by atoms with Gasteiger partial charge in [0.05, 0.1) is 21.6 Å². The Hall–Kier alpha value is -4.37. The van der Waals surface area contributed by atoms with Gasteiger partial charge in [-0.25, -0.2) is 5.01 Å². The van der Waals surface area contributed by atoms with E-state index in [0.717, 1.165) is 41.7 Å². The van der Waals surface area contributed by atoms with Gasteiger partial charge in [-0.1, -0.05) is 29.8 Å². The minimum absolute atomic E-state index is 0.0124. The zero-order valence-corrected chi connectivity index (χ0v) is 20.2. The smallest absolute Gasteiger partial charge is 0.267 e. The number of fused-ring (bicyclic) bond motifs is 1. The lowest BCUT2D eigenvalue weighted by atomic mass is 9.77. The number of hydrazone groups is 1. The highest BCUT2D eigenvalue weighted by Crippen LogP contribution is 2.45. The van der Waals surface area contributed by atoms with Gasteiger partial charge in [-0.3, -0.25) is 25.0 Å². The fourth-order valence-electron chi connectivity index (χ4n) is 4.94. The van der Waals surface area contributed by atoms with Crippen molar-refractivity contribution in [3.63, 3.8) is 0 Å². The molecule has 0 aromatic heterocycles. The van der Waals surface area contributed by atoms with Gasteiger partial charge in [-0.15, -0.1) is 0 Å². The first kappa shape index (κ1) is 24.3. The van der Waals surface area contributed by atoms with Crippen LogP contribution in [-0.2, 0) is 0 Å². The Morgan fingerprint density at radius 3 is 2.24 bits per heavy atom. The van der Waals surface area contributed by atoms with Gasteiger partial charge in [0.2, 0.25) is 0 Å². The summed E-state index contributed by atoms with van der Waals surface area (Å²) in [5.74, 6) is -0.426. The van der Waals surface area contributed by atoms with Gasteiger partial charge in [-0.05, 0) is 72.4 Å². The van der Waals surface area contributed by atoms with Gasteiger partial charge in [0.25, 0.3) is 17.3 Å². The first-order chi connectivity index (χ1) is 17.8. The van der Waals surface area contributed by atoms with E-state index in [1.165, 1.54) is 29.3 Å². The third-order valence-corrected chi connectivity index (χ3v) is 6.91. The van der Waals surface area contributed by atoms with Gasteiger partial charge < -0.3 is 0 Å². The molecule has 2 aliphatic rings. The quantitative estimate of drug-likeness (QED) is 0.280. The van der Waals surface area contributed by atoms with Crippen LogP contribution < -0.4 is 0 Å². The second-order valence-corrected chi connectivity index (χ2v) is 9.39. The molecule has 0 spiro atoms. The fourth-order valence-corrected chi connectivity index (χ4v) is 5.13. The van der Waals surface area contributed by atoms with Crippen molar-refractivity contribution in [1.29, 1.82) is 0 Å². The number of hydrogen-bond donors (Lipinski definition) is 0. The summed E-state index contributed by atoms with van der Waals surface area (Å²) in [6.45, 7) is 0. The van der Waals surface area contributed by atoms with E-state index in [-0.39, 0.29) is 23.2 Å². The number of non-ortho nitro benzene ring substituents is 2. The van der Waals surface area contributed by atoms with Gasteiger partial charge >= 0.3 is 0 Å². The van der Waals surface area contributed by atoms with Gasteiger partial charge in [0, 0.05) is 40.8 Å². The standard InChI is InChI=1S/C27H21ClN4O5/c28-21-5-1-4-20(16-21)27(33)30-26(18-9-13-23(14-10-18)32(36)37)24-6-2-3-19(25(24)29-30)15-17-7-11-22(12-8-17)31(34)35/h1,4-5,7-16,24,26H,2-3,6H2/b19-15+. The van der Waals surface area contributed by atoms with Crippen LogP contribution in [0.1, 0.15) is 46.8 Å². The van der Waals surface area contributed by atoms with Crippen LogP contribution >= 0.6 is 11.6 Å². The van der Waals surface area contributed by atoms with Gasteiger partial charge in [0.1, 0.15) is 0 Å². The Bertz CT molecular complexity index is 1450. The molecule has 0 bridgehead atoms. The summed E-state index contributed by atoms with van der Waals surface area (Å²) in [6, 6.07) is 18.7. The predicted octanol–water partition coefficient (Wildman–Crippen LogP) is 6.59. The Balaban J connectivity index is 1.56. The summed E-state index contributed by atoms with van der Waals surface area (Å²) >= 11 is 6.14. The summed E-state index contributed by atoms with van der Waals surface area (Å²) < 4.78 is 0. The molecule has 2 unspecified atom stereocenters. The minimum atomic E-state index is -0.457. The average molecular weight is 517 g/mol. The van der Waals surface area contributed by atoms with E-state index in [9.17, 15) is 25.0 Å². The molecule has 0 saturated heterocycles. The van der Waals surface area contributed by atoms with Crippen molar-refractivity contribution < 1.29 is 14.6 Å². The van der Waals surface area contributed by atoms with Crippen molar-refractivity contribution in [2.24, 2.45) is 11.0 Å². The van der Waals surface area contributed by atoms with Crippen molar-refractivity contribution in [1.82, 2.24) is 5.01 Å². The van der Waals surface area contributed by atoms with E-state index in [1.54, 1.807) is 48.5 Å². The van der Waals surface area contributed by atoms with Crippen molar-refractivity contribution >= 4 is 40.7 Å². The molecule has 37 heavy (non-hydrogen) atoms. The molecule has 0 N–H and O–H groups in total. The SMILES string of the molecule is O=C(c1cccc(Cl)c1)N1N=C2/C(=C/c3ccc([N+](=O)[O-])cc3)CCCC2C1c1ccc([N+](=O)[O-])cc1. The highest BCUT2D eigenvalue weighted by Gasteiger charge is 2.44. The summed E-state index contributed by atoms with van der Waals surface area (Å²) in [5, 5.41) is 28.9. The van der Waals surface area contributed by atoms with Crippen molar-refractivity contribution in [3.8, 4) is 0 Å². The van der Waals surface area contributed by atoms with Crippen molar-refractivity contribution in [2.45, 2.75) is 25.3 Å². The van der Waals surface area contributed by atoms with Gasteiger partial charge in [-0.2, -0.15) is 5.10 Å². The van der Waals surface area contributed by atoms with Crippen LogP contribution in [0.3, 0.4) is 0 Å². The number of nitrogens with zero attached hydrogens (tertiary/aromatic N) is 4. The summed E-state index contributed by atoms with van der Waals surface area (Å²) in [7, 11) is 0. The molecule has 9 nitrogen and oxygen atoms in total. The number of carbonyl (C=O) groups excluding carboxylic acids is 1. The highest BCUT2D eigenvalue weighted by molar-refractivity contribution is 6.31. The van der Waals surface area contributed by atoms with E-state index in [1.807, 2.05) is 6.08 Å². The molecular formula is C27H21ClN4O5. The molecule has 1 heterocycles. The Labute approximate surface area is 217 Å². The number of hydrogen-bond acceptors (Lipinski definition) is 6. The number of rotatable bonds is 5. The first-order valence-corrected chi connectivity index (χ1v) is 12.1. The van der Waals surface area contributed by atoms with Crippen LogP contribution in [0.25, 0.3) is 6.08 Å². The van der Waals surface area contributed by atoms with E-state index in [2.05, 4.69) is 0 Å². The van der Waals surface area contributed by atoms with E-state index in [0.29, 0.717) is 10.6 Å². The number of carbonyl (C=O) groups is 1. The number of nitro benzene ring substituents is 2. The number of nitro groups is 2. The van der Waals surface area contributed by atoms with Crippen LogP contribution in [0, 0.1) is 26.1 Å². The second-order valence-electron chi connectivity index (χ2n) is 8.96. The molecule has 3 aromatic carbocycles. The maximum Gasteiger partial charge on any atom is 0.274 e. The van der Waals surface area contributed by atoms with Crippen LogP contribution in [0.2, 0.25) is 5.02 Å². The predicted molar refractivity (Wildman–Crippen MR) is 139 cm³/mol. The highest BCUT2D eigenvalue weighted by atomic mass is 35.5. The average Bonchev–Trinajstić information content (AvgIpc) is 3.29. The number of amides is 1. The molecule has 0 radical (unpaired) electrons. The molecule has 1 saturated carbocycles. The Kier molecular flexibility index (Phi) is 6.54. The first-order valence-electron chi connectivity index (χ1n) is 11.7. The zero-order valence-electron chi connectivity index (χ0n) is 19.5. The molecule has 3 aromatic rings. The van der Waals surface area contributed by atoms with Gasteiger partial charge in [0.15, 0.2) is 0 Å². The lowest BCUT2D eigenvalue weighted by Crippen LogP contribution is -2.31. The number of allylic oxidation sites excluding steroid dienone is 1. The van der Waals surface area contributed by atoms with E-state index in [4.69, 9.17) is 16.7 Å². The van der Waals surface area contributed by atoms with E-state index >= 15 is 0 Å². The summed E-state index contributed by atoms with van der Waals surface area (Å²) in [5.41, 5.74) is 3.67. The van der Waals surface area contributed by atoms with Crippen LogP contribution in [-0.4, -0.2) is 26.5 Å². The summed E-state index contributed by atoms with van der Waals surface area (Å²) in [6.07, 6.45) is 4.36. The lowest BCUT2D eigenvalue weighted by Gasteiger charge is -2.29. The fraction of sp³-hybridized carbons (Fsp3) is 0.185. The molecule has 1 aliphatic heterocycles. The number of halogens is 1. The largest absolute Gasteiger partial charge is 0.274 e. The lowest BCUT2D eigenvalue weighted by molar-refractivity contribution is -0.385. The topological polar surface area (TPSA) is 119 Å². The maximum absolute atomic E-state index is 13.6. The monoisotopic (exact) mass is 516 g/mol. The molecule has 186 valence electrons. The van der Waals surface area contributed by atoms with Crippen molar-refractivity contribution in [3.05, 3.63) is 120 Å². The van der Waals surface area contributed by atoms with Crippen LogP contribution in [0.4, 0.5) is 11.4 Å². The third kappa shape index (κ3) is 4.85. The molecule has 10 heteroatoms. The van der Waals surface area contributed by atoms with Crippen LogP contribution in [0.5, 0.6) is 0 Å². The Morgan fingerprint density at radius 2 is 1.62 bits per heavy atom. The second kappa shape index (κ2) is 9.94. The van der Waals surface area contributed by atoms with E-state index < -0.39 is 15.9 Å². The third-order valence-electron chi connectivity index (χ3n) is 6.67. The molecule has 1 amide bonds. The molecule has 1 aliphatic carbocycles. The normalized spacial score (nSPS) is 19.9. The molecule has 1 fully saturated rings.